The molecule has 6 nitrogen and oxygen atoms in total. The lowest BCUT2D eigenvalue weighted by Gasteiger charge is -2.23. The number of carbonyl (C=O) groups is 2. The van der Waals surface area contributed by atoms with Gasteiger partial charge in [0.15, 0.2) is 0 Å². The van der Waals surface area contributed by atoms with Crippen LogP contribution in [0.2, 0.25) is 0 Å². The molecule has 0 aliphatic rings. The Hall–Kier alpha value is -2.11. The van der Waals surface area contributed by atoms with Crippen LogP contribution in [0.1, 0.15) is 17.4 Å². The van der Waals surface area contributed by atoms with E-state index < -0.39 is 12.0 Å². The lowest BCUT2D eigenvalue weighted by molar-refractivity contribution is -0.138. The van der Waals surface area contributed by atoms with Gasteiger partial charge in [-0.05, 0) is 19.1 Å². The number of pyridine rings is 1. The highest BCUT2D eigenvalue weighted by atomic mass is 16.4. The molecule has 1 unspecified atom stereocenters. The van der Waals surface area contributed by atoms with Gasteiger partial charge in [-0.1, -0.05) is 0 Å². The average Bonchev–Trinajstić information content (AvgIpc) is 2.36. The van der Waals surface area contributed by atoms with Crippen LogP contribution in [0.3, 0.4) is 0 Å². The summed E-state index contributed by atoms with van der Waals surface area (Å²) in [6.45, 7) is 1.57. The van der Waals surface area contributed by atoms with E-state index in [9.17, 15) is 9.59 Å². The lowest BCUT2D eigenvalue weighted by atomic mass is 10.2. The van der Waals surface area contributed by atoms with Crippen molar-refractivity contribution in [3.8, 4) is 0 Å². The predicted molar refractivity (Wildman–Crippen MR) is 63.1 cm³/mol. The van der Waals surface area contributed by atoms with E-state index in [1.54, 1.807) is 31.0 Å². The number of amides is 1. The molecule has 1 atom stereocenters. The summed E-state index contributed by atoms with van der Waals surface area (Å²) in [6, 6.07) is 2.54. The summed E-state index contributed by atoms with van der Waals surface area (Å²) >= 11 is 0. The third kappa shape index (κ3) is 2.93. The molecule has 1 heterocycles. The molecule has 0 bridgehead atoms. The van der Waals surface area contributed by atoms with Crippen molar-refractivity contribution >= 4 is 17.6 Å². The maximum absolute atomic E-state index is 11.4. The number of aromatic nitrogens is 1. The first-order valence-corrected chi connectivity index (χ1v) is 5.11. The molecule has 0 saturated carbocycles. The third-order valence-electron chi connectivity index (χ3n) is 2.55. The molecule has 6 heteroatoms. The van der Waals surface area contributed by atoms with Gasteiger partial charge in [-0.25, -0.2) is 4.79 Å². The zero-order valence-electron chi connectivity index (χ0n) is 9.97. The second kappa shape index (κ2) is 5.29. The number of carbonyl (C=O) groups excluding carboxylic acids is 1. The first-order chi connectivity index (χ1) is 7.97. The van der Waals surface area contributed by atoms with E-state index in [0.717, 1.165) is 0 Å². The SMILES string of the molecule is CNC(=O)c1cc(N(C)C(C)C(=O)O)ccn1. The summed E-state index contributed by atoms with van der Waals surface area (Å²) in [5, 5.41) is 11.4. The number of hydrogen-bond donors (Lipinski definition) is 2. The van der Waals surface area contributed by atoms with Gasteiger partial charge in [-0.15, -0.1) is 0 Å². The van der Waals surface area contributed by atoms with Crippen molar-refractivity contribution in [1.29, 1.82) is 0 Å². The number of anilines is 1. The Morgan fingerprint density at radius 2 is 2.18 bits per heavy atom. The van der Waals surface area contributed by atoms with Crippen LogP contribution in [-0.2, 0) is 4.79 Å². The van der Waals surface area contributed by atoms with E-state index >= 15 is 0 Å². The highest BCUT2D eigenvalue weighted by Gasteiger charge is 2.18. The number of hydrogen-bond acceptors (Lipinski definition) is 4. The van der Waals surface area contributed by atoms with Crippen molar-refractivity contribution in [1.82, 2.24) is 10.3 Å². The van der Waals surface area contributed by atoms with Crippen LogP contribution in [0.5, 0.6) is 0 Å². The monoisotopic (exact) mass is 237 g/mol. The second-order valence-corrected chi connectivity index (χ2v) is 3.60. The van der Waals surface area contributed by atoms with E-state index in [1.807, 2.05) is 0 Å². The molecule has 1 amide bonds. The first-order valence-electron chi connectivity index (χ1n) is 5.11. The Bertz CT molecular complexity index is 434. The number of rotatable bonds is 4. The van der Waals surface area contributed by atoms with Crippen molar-refractivity contribution < 1.29 is 14.7 Å². The van der Waals surface area contributed by atoms with E-state index in [0.29, 0.717) is 5.69 Å². The molecule has 2 N–H and O–H groups in total. The van der Waals surface area contributed by atoms with Crippen LogP contribution >= 0.6 is 0 Å². The predicted octanol–water partition coefficient (Wildman–Crippen LogP) is 0.350. The van der Waals surface area contributed by atoms with E-state index in [-0.39, 0.29) is 11.6 Å². The Morgan fingerprint density at radius 3 is 2.71 bits per heavy atom. The zero-order chi connectivity index (χ0) is 13.0. The number of carboxylic acid groups (broad SMARTS) is 1. The molecule has 0 saturated heterocycles. The second-order valence-electron chi connectivity index (χ2n) is 3.60. The molecule has 1 aromatic rings. The first kappa shape index (κ1) is 13.0. The summed E-state index contributed by atoms with van der Waals surface area (Å²) in [5.41, 5.74) is 0.892. The van der Waals surface area contributed by atoms with Crippen LogP contribution in [0.15, 0.2) is 18.3 Å². The van der Waals surface area contributed by atoms with Crippen LogP contribution in [-0.4, -0.2) is 42.1 Å². The van der Waals surface area contributed by atoms with Gasteiger partial charge >= 0.3 is 5.97 Å². The third-order valence-corrected chi connectivity index (χ3v) is 2.55. The van der Waals surface area contributed by atoms with Crippen LogP contribution in [0.4, 0.5) is 5.69 Å². The molecule has 0 spiro atoms. The summed E-state index contributed by atoms with van der Waals surface area (Å²) in [5.74, 6) is -1.23. The van der Waals surface area contributed by atoms with Gasteiger partial charge in [0.25, 0.3) is 5.91 Å². The van der Waals surface area contributed by atoms with Crippen molar-refractivity contribution in [2.75, 3.05) is 19.0 Å². The molecular formula is C11H15N3O3. The fourth-order valence-corrected chi connectivity index (χ4v) is 1.28. The van der Waals surface area contributed by atoms with E-state index in [2.05, 4.69) is 10.3 Å². The Balaban J connectivity index is 2.99. The van der Waals surface area contributed by atoms with Crippen molar-refractivity contribution in [2.24, 2.45) is 0 Å². The fourth-order valence-electron chi connectivity index (χ4n) is 1.28. The molecule has 1 rings (SSSR count). The molecule has 17 heavy (non-hydrogen) atoms. The number of carboxylic acids is 1. The zero-order valence-corrected chi connectivity index (χ0v) is 9.97. The Labute approximate surface area is 99.3 Å². The molecule has 1 aromatic heterocycles. The normalized spacial score (nSPS) is 11.7. The summed E-state index contributed by atoms with van der Waals surface area (Å²) in [6.07, 6.45) is 1.48. The number of nitrogens with zero attached hydrogens (tertiary/aromatic N) is 2. The van der Waals surface area contributed by atoms with Gasteiger partial charge < -0.3 is 15.3 Å². The van der Waals surface area contributed by atoms with Crippen LogP contribution in [0.25, 0.3) is 0 Å². The highest BCUT2D eigenvalue weighted by molar-refractivity contribution is 5.93. The minimum atomic E-state index is -0.925. The van der Waals surface area contributed by atoms with Gasteiger partial charge in [-0.3, -0.25) is 9.78 Å². The fraction of sp³-hybridized carbons (Fsp3) is 0.364. The minimum absolute atomic E-state index is 0.259. The molecule has 92 valence electrons. The van der Waals surface area contributed by atoms with Gasteiger partial charge in [0.2, 0.25) is 0 Å². The minimum Gasteiger partial charge on any atom is -0.480 e. The van der Waals surface area contributed by atoms with Crippen molar-refractivity contribution in [3.05, 3.63) is 24.0 Å². The largest absolute Gasteiger partial charge is 0.480 e. The quantitative estimate of drug-likeness (QED) is 0.789. The van der Waals surface area contributed by atoms with Gasteiger partial charge in [0.1, 0.15) is 11.7 Å². The Kier molecular flexibility index (Phi) is 4.03. The number of nitrogens with one attached hydrogen (secondary N) is 1. The van der Waals surface area contributed by atoms with Crippen molar-refractivity contribution in [3.63, 3.8) is 0 Å². The summed E-state index contributed by atoms with van der Waals surface area (Å²) < 4.78 is 0. The maximum Gasteiger partial charge on any atom is 0.326 e. The molecule has 0 fully saturated rings. The highest BCUT2D eigenvalue weighted by Crippen LogP contribution is 2.15. The average molecular weight is 237 g/mol. The van der Waals surface area contributed by atoms with Crippen LogP contribution in [0, 0.1) is 0 Å². The standard InChI is InChI=1S/C11H15N3O3/c1-7(11(16)17)14(3)8-4-5-13-9(6-8)10(15)12-2/h4-7H,1-3H3,(H,12,15)(H,16,17). The van der Waals surface area contributed by atoms with E-state index in [4.69, 9.17) is 5.11 Å². The molecule has 0 radical (unpaired) electrons. The maximum atomic E-state index is 11.4. The van der Waals surface area contributed by atoms with Crippen molar-refractivity contribution in [2.45, 2.75) is 13.0 Å². The molecule has 0 aliphatic carbocycles. The van der Waals surface area contributed by atoms with Gasteiger partial charge in [0.05, 0.1) is 0 Å². The Morgan fingerprint density at radius 1 is 1.53 bits per heavy atom. The van der Waals surface area contributed by atoms with Gasteiger partial charge in [0, 0.05) is 26.0 Å². The van der Waals surface area contributed by atoms with Gasteiger partial charge in [-0.2, -0.15) is 0 Å². The topological polar surface area (TPSA) is 82.5 Å². The lowest BCUT2D eigenvalue weighted by Crippen LogP contribution is -2.36. The summed E-state index contributed by atoms with van der Waals surface area (Å²) in [4.78, 5) is 27.7. The smallest absolute Gasteiger partial charge is 0.326 e. The van der Waals surface area contributed by atoms with E-state index in [1.165, 1.54) is 13.2 Å². The molecule has 0 aromatic carbocycles. The molecular weight excluding hydrogens is 222 g/mol. The van der Waals surface area contributed by atoms with Crippen LogP contribution < -0.4 is 10.2 Å². The summed E-state index contributed by atoms with van der Waals surface area (Å²) in [7, 11) is 3.17. The number of likely N-dealkylation sites (N-methyl/N-ethyl adjacent to an activating group) is 1. The number of aliphatic carboxylic acids is 1. The molecule has 0 aliphatic heterocycles.